The van der Waals surface area contributed by atoms with Crippen molar-refractivity contribution in [2.45, 2.75) is 52.7 Å². The van der Waals surface area contributed by atoms with E-state index >= 15 is 0 Å². The fraction of sp³-hybridized carbons (Fsp3) is 0.600. The van der Waals surface area contributed by atoms with Gasteiger partial charge in [-0.25, -0.2) is 0 Å². The zero-order valence-corrected chi connectivity index (χ0v) is 11.7. The van der Waals surface area contributed by atoms with Crippen molar-refractivity contribution in [2.24, 2.45) is 0 Å². The average molecular weight is 232 g/mol. The Bertz CT molecular complexity index is 407. The van der Waals surface area contributed by atoms with E-state index in [1.54, 1.807) is 0 Å². The second-order valence-electron chi connectivity index (χ2n) is 6.09. The molecule has 0 atom stereocenters. The largest absolute Gasteiger partial charge is 0.367 e. The van der Waals surface area contributed by atoms with Gasteiger partial charge in [-0.2, -0.15) is 0 Å². The molecule has 0 unspecified atom stereocenters. The van der Waals surface area contributed by atoms with Gasteiger partial charge in [-0.15, -0.1) is 0 Å². The molecule has 17 heavy (non-hydrogen) atoms. The predicted octanol–water partition coefficient (Wildman–Crippen LogP) is 3.09. The smallest absolute Gasteiger partial charge is 0.0414 e. The molecular weight excluding hydrogens is 208 g/mol. The minimum Gasteiger partial charge on any atom is -0.367 e. The number of benzene rings is 1. The van der Waals surface area contributed by atoms with Crippen molar-refractivity contribution in [2.75, 3.05) is 11.4 Å². The van der Waals surface area contributed by atoms with Crippen molar-refractivity contribution >= 4 is 5.69 Å². The van der Waals surface area contributed by atoms with Crippen LogP contribution in [0.4, 0.5) is 5.69 Å². The molecule has 1 heterocycles. The molecule has 0 radical (unpaired) electrons. The molecule has 2 nitrogen and oxygen atoms in total. The van der Waals surface area contributed by atoms with Crippen LogP contribution in [-0.2, 0) is 6.54 Å². The molecule has 0 fully saturated rings. The van der Waals surface area contributed by atoms with Crippen molar-refractivity contribution in [1.29, 1.82) is 0 Å². The Balaban J connectivity index is 2.44. The van der Waals surface area contributed by atoms with E-state index < -0.39 is 0 Å². The second-order valence-corrected chi connectivity index (χ2v) is 6.09. The summed E-state index contributed by atoms with van der Waals surface area (Å²) in [5.74, 6) is 0. The van der Waals surface area contributed by atoms with Crippen LogP contribution in [0.15, 0.2) is 18.2 Å². The number of fused-ring (bicyclic) bond motifs is 1. The predicted molar refractivity (Wildman–Crippen MR) is 74.6 cm³/mol. The topological polar surface area (TPSA) is 15.3 Å². The van der Waals surface area contributed by atoms with E-state index in [0.29, 0.717) is 6.04 Å². The SMILES string of the molecule is Cc1ccc2c(c1)CNC(C)(C)CN2C(C)C. The summed E-state index contributed by atoms with van der Waals surface area (Å²) < 4.78 is 0. The molecule has 1 N–H and O–H groups in total. The zero-order valence-electron chi connectivity index (χ0n) is 11.7. The lowest BCUT2D eigenvalue weighted by molar-refractivity contribution is 0.388. The Morgan fingerprint density at radius 1 is 1.29 bits per heavy atom. The van der Waals surface area contributed by atoms with E-state index in [1.165, 1.54) is 16.8 Å². The third-order valence-corrected chi connectivity index (χ3v) is 3.49. The molecule has 0 bridgehead atoms. The third kappa shape index (κ3) is 2.63. The molecule has 0 spiro atoms. The molecule has 1 aliphatic rings. The molecule has 2 heteroatoms. The summed E-state index contributed by atoms with van der Waals surface area (Å²) in [7, 11) is 0. The van der Waals surface area contributed by atoms with Crippen molar-refractivity contribution in [3.8, 4) is 0 Å². The minimum absolute atomic E-state index is 0.164. The summed E-state index contributed by atoms with van der Waals surface area (Å²) in [5.41, 5.74) is 4.32. The van der Waals surface area contributed by atoms with Gasteiger partial charge in [0.2, 0.25) is 0 Å². The van der Waals surface area contributed by atoms with Crippen molar-refractivity contribution in [1.82, 2.24) is 5.32 Å². The van der Waals surface area contributed by atoms with E-state index in [4.69, 9.17) is 0 Å². The van der Waals surface area contributed by atoms with Gasteiger partial charge in [0.05, 0.1) is 0 Å². The van der Waals surface area contributed by atoms with E-state index in [0.717, 1.165) is 13.1 Å². The van der Waals surface area contributed by atoms with Gasteiger partial charge in [0.15, 0.2) is 0 Å². The second kappa shape index (κ2) is 4.34. The van der Waals surface area contributed by atoms with Crippen LogP contribution < -0.4 is 10.2 Å². The van der Waals surface area contributed by atoms with Gasteiger partial charge in [-0.05, 0) is 46.2 Å². The minimum atomic E-state index is 0.164. The summed E-state index contributed by atoms with van der Waals surface area (Å²) >= 11 is 0. The Labute approximate surface area is 105 Å². The molecule has 0 saturated carbocycles. The number of nitrogens with one attached hydrogen (secondary N) is 1. The quantitative estimate of drug-likeness (QED) is 0.800. The Morgan fingerprint density at radius 3 is 2.65 bits per heavy atom. The van der Waals surface area contributed by atoms with Crippen LogP contribution in [0.5, 0.6) is 0 Å². The van der Waals surface area contributed by atoms with Crippen molar-refractivity contribution in [3.05, 3.63) is 29.3 Å². The normalized spacial score (nSPS) is 19.1. The van der Waals surface area contributed by atoms with Gasteiger partial charge in [-0.3, -0.25) is 0 Å². The average Bonchev–Trinajstić information content (AvgIpc) is 2.36. The molecule has 1 aromatic rings. The lowest BCUT2D eigenvalue weighted by Gasteiger charge is -2.35. The molecule has 0 saturated heterocycles. The summed E-state index contributed by atoms with van der Waals surface area (Å²) in [6, 6.07) is 7.33. The van der Waals surface area contributed by atoms with Crippen molar-refractivity contribution < 1.29 is 0 Å². The van der Waals surface area contributed by atoms with Crippen LogP contribution in [0.2, 0.25) is 0 Å². The van der Waals surface area contributed by atoms with Crippen LogP contribution in [-0.4, -0.2) is 18.1 Å². The molecular formula is C15H24N2. The van der Waals surface area contributed by atoms with Crippen LogP contribution >= 0.6 is 0 Å². The third-order valence-electron chi connectivity index (χ3n) is 3.49. The maximum absolute atomic E-state index is 3.65. The maximum Gasteiger partial charge on any atom is 0.0414 e. The first-order valence-electron chi connectivity index (χ1n) is 6.50. The van der Waals surface area contributed by atoms with Crippen LogP contribution in [0.3, 0.4) is 0 Å². The monoisotopic (exact) mass is 232 g/mol. The summed E-state index contributed by atoms with van der Waals surface area (Å²) in [4.78, 5) is 2.51. The van der Waals surface area contributed by atoms with E-state index in [-0.39, 0.29) is 5.54 Å². The highest BCUT2D eigenvalue weighted by Crippen LogP contribution is 2.28. The van der Waals surface area contributed by atoms with Gasteiger partial charge in [0, 0.05) is 30.4 Å². The van der Waals surface area contributed by atoms with E-state index in [9.17, 15) is 0 Å². The molecule has 94 valence electrons. The lowest BCUT2D eigenvalue weighted by atomic mass is 10.0. The maximum atomic E-state index is 3.65. The first-order chi connectivity index (χ1) is 7.89. The fourth-order valence-electron chi connectivity index (χ4n) is 2.50. The van der Waals surface area contributed by atoms with Crippen molar-refractivity contribution in [3.63, 3.8) is 0 Å². The van der Waals surface area contributed by atoms with Crippen LogP contribution in [0.25, 0.3) is 0 Å². The standard InChI is InChI=1S/C15H24N2/c1-11(2)17-10-15(4,5)16-9-13-8-12(3)6-7-14(13)17/h6-8,11,16H,9-10H2,1-5H3. The molecule has 0 aromatic heterocycles. The van der Waals surface area contributed by atoms with Gasteiger partial charge in [0.1, 0.15) is 0 Å². The number of hydrogen-bond donors (Lipinski definition) is 1. The summed E-state index contributed by atoms with van der Waals surface area (Å²) in [6.07, 6.45) is 0. The Kier molecular flexibility index (Phi) is 3.17. The van der Waals surface area contributed by atoms with E-state index in [2.05, 4.69) is 63.0 Å². The first-order valence-corrected chi connectivity index (χ1v) is 6.50. The zero-order chi connectivity index (χ0) is 12.6. The molecule has 0 aliphatic carbocycles. The number of rotatable bonds is 1. The van der Waals surface area contributed by atoms with Gasteiger partial charge in [0.25, 0.3) is 0 Å². The Hall–Kier alpha value is -1.02. The summed E-state index contributed by atoms with van der Waals surface area (Å²) in [5, 5.41) is 3.65. The van der Waals surface area contributed by atoms with E-state index in [1.807, 2.05) is 0 Å². The van der Waals surface area contributed by atoms with Gasteiger partial charge < -0.3 is 10.2 Å². The highest BCUT2D eigenvalue weighted by Gasteiger charge is 2.27. The molecule has 1 aliphatic heterocycles. The van der Waals surface area contributed by atoms with Crippen LogP contribution in [0, 0.1) is 6.92 Å². The highest BCUT2D eigenvalue weighted by atomic mass is 15.2. The first kappa shape index (κ1) is 12.4. The van der Waals surface area contributed by atoms with Gasteiger partial charge in [-0.1, -0.05) is 17.7 Å². The number of nitrogens with zero attached hydrogens (tertiary/aromatic N) is 1. The summed E-state index contributed by atoms with van der Waals surface area (Å²) in [6.45, 7) is 13.3. The number of hydrogen-bond acceptors (Lipinski definition) is 2. The van der Waals surface area contributed by atoms with Gasteiger partial charge >= 0.3 is 0 Å². The Morgan fingerprint density at radius 2 is 2.00 bits per heavy atom. The van der Waals surface area contributed by atoms with Crippen LogP contribution in [0.1, 0.15) is 38.8 Å². The number of anilines is 1. The molecule has 1 aromatic carbocycles. The molecule has 0 amide bonds. The highest BCUT2D eigenvalue weighted by molar-refractivity contribution is 5.56. The fourth-order valence-corrected chi connectivity index (χ4v) is 2.50. The molecule has 2 rings (SSSR count). The number of aryl methyl sites for hydroxylation is 1. The lowest BCUT2D eigenvalue weighted by Crippen LogP contribution is -2.48.